The summed E-state index contributed by atoms with van der Waals surface area (Å²) in [7, 11) is 1.55. The standard InChI is InChI=1S/C22H22ClN3O3/c1-28-20-9-6-16(12-24-20)22(27)26-10-2-3-17(14-26)21-25-13-19(29-21)11-15-4-7-18(23)8-5-15/h4-9,12-13,17H,2-3,10-11,14H2,1H3/t17-/m1/s1. The number of methoxy groups -OCH3 is 1. The van der Waals surface area contributed by atoms with Crippen molar-refractivity contribution in [3.05, 3.63) is 76.6 Å². The lowest BCUT2D eigenvalue weighted by Crippen LogP contribution is -2.39. The molecule has 7 heteroatoms. The predicted octanol–water partition coefficient (Wildman–Crippen LogP) is 4.34. The first-order chi connectivity index (χ1) is 14.1. The summed E-state index contributed by atoms with van der Waals surface area (Å²) in [5, 5.41) is 0.714. The van der Waals surface area contributed by atoms with Gasteiger partial charge in [-0.1, -0.05) is 23.7 Å². The number of rotatable bonds is 5. The highest BCUT2D eigenvalue weighted by molar-refractivity contribution is 6.30. The molecule has 6 nitrogen and oxygen atoms in total. The zero-order valence-electron chi connectivity index (χ0n) is 16.2. The third-order valence-electron chi connectivity index (χ3n) is 5.11. The number of pyridine rings is 1. The molecule has 1 atom stereocenters. The first-order valence-corrected chi connectivity index (χ1v) is 9.98. The number of halogens is 1. The number of amides is 1. The number of benzene rings is 1. The van der Waals surface area contributed by atoms with Gasteiger partial charge in [0.25, 0.3) is 5.91 Å². The van der Waals surface area contributed by atoms with Crippen molar-refractivity contribution in [2.75, 3.05) is 20.2 Å². The molecule has 4 rings (SSSR count). The zero-order valence-corrected chi connectivity index (χ0v) is 16.9. The minimum Gasteiger partial charge on any atom is -0.481 e. The van der Waals surface area contributed by atoms with Gasteiger partial charge in [-0.15, -0.1) is 0 Å². The minimum absolute atomic E-state index is 0.0298. The smallest absolute Gasteiger partial charge is 0.255 e. The molecule has 1 fully saturated rings. The van der Waals surface area contributed by atoms with Gasteiger partial charge in [0.15, 0.2) is 5.89 Å². The molecule has 0 aliphatic carbocycles. The summed E-state index contributed by atoms with van der Waals surface area (Å²) in [5.74, 6) is 2.06. The fourth-order valence-corrected chi connectivity index (χ4v) is 3.70. The Bertz CT molecular complexity index is 970. The van der Waals surface area contributed by atoms with E-state index < -0.39 is 0 Å². The van der Waals surface area contributed by atoms with Gasteiger partial charge in [0.2, 0.25) is 5.88 Å². The molecule has 2 aromatic heterocycles. The summed E-state index contributed by atoms with van der Waals surface area (Å²) in [6.07, 6.45) is 5.86. The Balaban J connectivity index is 1.42. The molecule has 0 bridgehead atoms. The number of aromatic nitrogens is 2. The molecular formula is C22H22ClN3O3. The number of hydrogen-bond donors (Lipinski definition) is 0. The van der Waals surface area contributed by atoms with Gasteiger partial charge in [0.1, 0.15) is 5.76 Å². The van der Waals surface area contributed by atoms with Crippen LogP contribution in [0.2, 0.25) is 5.02 Å². The van der Waals surface area contributed by atoms with Gasteiger partial charge in [-0.05, 0) is 36.6 Å². The van der Waals surface area contributed by atoms with E-state index in [9.17, 15) is 4.79 Å². The average Bonchev–Trinajstić information content (AvgIpc) is 3.23. The van der Waals surface area contributed by atoms with Crippen molar-refractivity contribution in [1.29, 1.82) is 0 Å². The SMILES string of the molecule is COc1ccc(C(=O)N2CCC[C@@H](c3ncc(Cc4ccc(Cl)cc4)o3)C2)cn1. The van der Waals surface area contributed by atoms with E-state index in [0.29, 0.717) is 35.3 Å². The first kappa shape index (κ1) is 19.5. The number of nitrogens with zero attached hydrogens (tertiary/aromatic N) is 3. The van der Waals surface area contributed by atoms with Crippen LogP contribution in [-0.4, -0.2) is 41.0 Å². The Kier molecular flexibility index (Phi) is 5.81. The van der Waals surface area contributed by atoms with Crippen LogP contribution in [0.3, 0.4) is 0 Å². The van der Waals surface area contributed by atoms with Crippen LogP contribution < -0.4 is 4.74 Å². The van der Waals surface area contributed by atoms with Crippen LogP contribution in [0.1, 0.15) is 46.3 Å². The van der Waals surface area contributed by atoms with E-state index >= 15 is 0 Å². The molecule has 1 aliphatic rings. The van der Waals surface area contributed by atoms with Crippen LogP contribution in [0.25, 0.3) is 0 Å². The summed E-state index contributed by atoms with van der Waals surface area (Å²) >= 11 is 5.94. The van der Waals surface area contributed by atoms with Gasteiger partial charge >= 0.3 is 0 Å². The van der Waals surface area contributed by atoms with Crippen LogP contribution in [0.15, 0.2) is 53.2 Å². The number of oxazole rings is 1. The van der Waals surface area contributed by atoms with Gasteiger partial charge in [-0.25, -0.2) is 9.97 Å². The third-order valence-corrected chi connectivity index (χ3v) is 5.37. The Morgan fingerprint density at radius 2 is 2.03 bits per heavy atom. The number of likely N-dealkylation sites (tertiary alicyclic amines) is 1. The quantitative estimate of drug-likeness (QED) is 0.624. The predicted molar refractivity (Wildman–Crippen MR) is 109 cm³/mol. The Hall–Kier alpha value is -2.86. The van der Waals surface area contributed by atoms with Crippen molar-refractivity contribution < 1.29 is 13.9 Å². The molecule has 0 spiro atoms. The maximum absolute atomic E-state index is 12.8. The van der Waals surface area contributed by atoms with E-state index in [2.05, 4.69) is 9.97 Å². The van der Waals surface area contributed by atoms with Crippen molar-refractivity contribution in [2.45, 2.75) is 25.2 Å². The Labute approximate surface area is 174 Å². The topological polar surface area (TPSA) is 68.5 Å². The summed E-state index contributed by atoms with van der Waals surface area (Å²) in [6, 6.07) is 11.1. The highest BCUT2D eigenvalue weighted by atomic mass is 35.5. The second-order valence-corrected chi connectivity index (χ2v) is 7.58. The van der Waals surface area contributed by atoms with Crippen molar-refractivity contribution in [3.63, 3.8) is 0 Å². The normalized spacial score (nSPS) is 16.6. The second kappa shape index (κ2) is 8.66. The lowest BCUT2D eigenvalue weighted by atomic mass is 9.97. The lowest BCUT2D eigenvalue weighted by molar-refractivity contribution is 0.0697. The van der Waals surface area contributed by atoms with E-state index in [1.165, 1.54) is 0 Å². The average molecular weight is 412 g/mol. The minimum atomic E-state index is -0.0298. The zero-order chi connectivity index (χ0) is 20.2. The summed E-state index contributed by atoms with van der Waals surface area (Å²) < 4.78 is 11.1. The molecule has 0 radical (unpaired) electrons. The van der Waals surface area contributed by atoms with E-state index in [4.69, 9.17) is 20.8 Å². The van der Waals surface area contributed by atoms with E-state index in [1.807, 2.05) is 29.2 Å². The molecular weight excluding hydrogens is 390 g/mol. The maximum Gasteiger partial charge on any atom is 0.255 e. The van der Waals surface area contributed by atoms with Gasteiger partial charge in [0, 0.05) is 36.8 Å². The highest BCUT2D eigenvalue weighted by Crippen LogP contribution is 2.28. The van der Waals surface area contributed by atoms with Crippen molar-refractivity contribution in [3.8, 4) is 5.88 Å². The van der Waals surface area contributed by atoms with Crippen molar-refractivity contribution in [2.24, 2.45) is 0 Å². The molecule has 1 aromatic carbocycles. The van der Waals surface area contributed by atoms with Crippen LogP contribution >= 0.6 is 11.6 Å². The molecule has 1 amide bonds. The van der Waals surface area contributed by atoms with Crippen molar-refractivity contribution >= 4 is 17.5 Å². The summed E-state index contributed by atoms with van der Waals surface area (Å²) in [4.78, 5) is 23.3. The number of piperidine rings is 1. The number of carbonyl (C=O) groups excluding carboxylic acids is 1. The third kappa shape index (κ3) is 4.59. The molecule has 3 heterocycles. The number of ether oxygens (including phenoxy) is 1. The van der Waals surface area contributed by atoms with Gasteiger partial charge in [0.05, 0.1) is 24.8 Å². The molecule has 1 aliphatic heterocycles. The van der Waals surface area contributed by atoms with Gasteiger partial charge in [-0.2, -0.15) is 0 Å². The summed E-state index contributed by atoms with van der Waals surface area (Å²) in [6.45, 7) is 1.31. The summed E-state index contributed by atoms with van der Waals surface area (Å²) in [5.41, 5.74) is 1.67. The van der Waals surface area contributed by atoms with Crippen LogP contribution in [0.4, 0.5) is 0 Å². The molecule has 3 aromatic rings. The molecule has 0 saturated carbocycles. The molecule has 0 unspecified atom stereocenters. The Morgan fingerprint density at radius 3 is 2.76 bits per heavy atom. The van der Waals surface area contributed by atoms with E-state index in [0.717, 1.165) is 30.7 Å². The largest absolute Gasteiger partial charge is 0.481 e. The van der Waals surface area contributed by atoms with Crippen LogP contribution in [0.5, 0.6) is 5.88 Å². The number of hydrogen-bond acceptors (Lipinski definition) is 5. The van der Waals surface area contributed by atoms with Gasteiger partial charge in [-0.3, -0.25) is 4.79 Å². The molecule has 29 heavy (non-hydrogen) atoms. The fraction of sp³-hybridized carbons (Fsp3) is 0.318. The molecule has 0 N–H and O–H groups in total. The van der Waals surface area contributed by atoms with Crippen LogP contribution in [-0.2, 0) is 6.42 Å². The lowest BCUT2D eigenvalue weighted by Gasteiger charge is -2.31. The molecule has 1 saturated heterocycles. The fourth-order valence-electron chi connectivity index (χ4n) is 3.57. The Morgan fingerprint density at radius 1 is 1.21 bits per heavy atom. The van der Waals surface area contributed by atoms with Crippen molar-refractivity contribution in [1.82, 2.24) is 14.9 Å². The van der Waals surface area contributed by atoms with E-state index in [-0.39, 0.29) is 11.8 Å². The first-order valence-electron chi connectivity index (χ1n) is 9.61. The second-order valence-electron chi connectivity index (χ2n) is 7.15. The highest BCUT2D eigenvalue weighted by Gasteiger charge is 2.28. The monoisotopic (exact) mass is 411 g/mol. The number of carbonyl (C=O) groups is 1. The molecule has 150 valence electrons. The van der Waals surface area contributed by atoms with E-state index in [1.54, 1.807) is 31.6 Å². The van der Waals surface area contributed by atoms with Gasteiger partial charge < -0.3 is 14.1 Å². The maximum atomic E-state index is 12.8. The van der Waals surface area contributed by atoms with Crippen LogP contribution in [0, 0.1) is 0 Å².